The van der Waals surface area contributed by atoms with Crippen LogP contribution in [-0.2, 0) is 9.53 Å². The normalized spacial score (nSPS) is 17.5. The van der Waals surface area contributed by atoms with E-state index in [2.05, 4.69) is 10.1 Å². The lowest BCUT2D eigenvalue weighted by Crippen LogP contribution is -2.50. The summed E-state index contributed by atoms with van der Waals surface area (Å²) in [6.07, 6.45) is -0.754. The molecule has 9 heteroatoms. The number of alkyl carbamates (subject to hydrolysis) is 1. The van der Waals surface area contributed by atoms with Crippen molar-refractivity contribution >= 4 is 17.7 Å². The van der Waals surface area contributed by atoms with Gasteiger partial charge in [0.1, 0.15) is 29.7 Å². The third-order valence-corrected chi connectivity index (χ3v) is 3.24. The van der Waals surface area contributed by atoms with Gasteiger partial charge in [-0.25, -0.2) is 4.79 Å². The van der Waals surface area contributed by atoms with Crippen LogP contribution in [0.25, 0.3) is 0 Å². The summed E-state index contributed by atoms with van der Waals surface area (Å²) in [4.78, 5) is 25.6. The van der Waals surface area contributed by atoms with Crippen molar-refractivity contribution in [2.75, 3.05) is 18.6 Å². The van der Waals surface area contributed by atoms with E-state index in [0.29, 0.717) is 5.69 Å². The Hall–Kier alpha value is -2.58. The van der Waals surface area contributed by atoms with Crippen LogP contribution in [0, 0.1) is 0 Å². The van der Waals surface area contributed by atoms with E-state index in [-0.39, 0.29) is 18.1 Å². The van der Waals surface area contributed by atoms with Gasteiger partial charge in [-0.05, 0) is 32.9 Å². The molecule has 1 aromatic rings. The Kier molecular flexibility index (Phi) is 5.34. The standard InChI is InChI=1S/C16H20F2N2O5/c1-16(2,3)25-15(22)19-10-8-23-12-7-9(24-14(17)18)5-6-11(12)20(4)13(10)21/h5-7,10,14H,8H2,1-4H3,(H,19,22). The van der Waals surface area contributed by atoms with Crippen molar-refractivity contribution in [1.82, 2.24) is 5.32 Å². The molecule has 138 valence electrons. The van der Waals surface area contributed by atoms with E-state index in [1.807, 2.05) is 0 Å². The van der Waals surface area contributed by atoms with Crippen LogP contribution in [0.4, 0.5) is 19.3 Å². The first-order valence-corrected chi connectivity index (χ1v) is 7.55. The van der Waals surface area contributed by atoms with Crippen molar-refractivity contribution in [2.45, 2.75) is 39.0 Å². The fraction of sp³-hybridized carbons (Fsp3) is 0.500. The van der Waals surface area contributed by atoms with Crippen molar-refractivity contribution in [1.29, 1.82) is 0 Å². The molecular weight excluding hydrogens is 338 g/mol. The summed E-state index contributed by atoms with van der Waals surface area (Å²) in [5.74, 6) is -0.317. The van der Waals surface area contributed by atoms with Crippen LogP contribution in [0.15, 0.2) is 18.2 Å². The molecule has 2 amide bonds. The second-order valence-electron chi connectivity index (χ2n) is 6.42. The number of anilines is 1. The molecule has 0 aliphatic carbocycles. The Balaban J connectivity index is 2.15. The van der Waals surface area contributed by atoms with Crippen LogP contribution < -0.4 is 19.7 Å². The number of nitrogens with zero attached hydrogens (tertiary/aromatic N) is 1. The van der Waals surface area contributed by atoms with Crippen LogP contribution in [0.5, 0.6) is 11.5 Å². The molecule has 0 bridgehead atoms. The number of benzene rings is 1. The van der Waals surface area contributed by atoms with Crippen LogP contribution in [-0.4, -0.2) is 43.9 Å². The molecule has 25 heavy (non-hydrogen) atoms. The monoisotopic (exact) mass is 358 g/mol. The lowest BCUT2D eigenvalue weighted by molar-refractivity contribution is -0.120. The lowest BCUT2D eigenvalue weighted by Gasteiger charge is -2.23. The molecular formula is C16H20F2N2O5. The van der Waals surface area contributed by atoms with Gasteiger partial charge in [0.05, 0.1) is 5.69 Å². The molecule has 1 heterocycles. The van der Waals surface area contributed by atoms with Gasteiger partial charge in [0, 0.05) is 13.1 Å². The number of carbonyl (C=O) groups excluding carboxylic acids is 2. The van der Waals surface area contributed by atoms with Gasteiger partial charge < -0.3 is 24.4 Å². The van der Waals surface area contributed by atoms with Crippen molar-refractivity contribution < 1.29 is 32.6 Å². The molecule has 1 aliphatic heterocycles. The Labute approximate surface area is 143 Å². The maximum atomic E-state index is 12.5. The van der Waals surface area contributed by atoms with Gasteiger partial charge in [0.2, 0.25) is 0 Å². The van der Waals surface area contributed by atoms with Gasteiger partial charge >= 0.3 is 12.7 Å². The molecule has 2 rings (SSSR count). The van der Waals surface area contributed by atoms with Crippen molar-refractivity contribution in [3.63, 3.8) is 0 Å². The second-order valence-corrected chi connectivity index (χ2v) is 6.42. The van der Waals surface area contributed by atoms with Gasteiger partial charge in [-0.2, -0.15) is 8.78 Å². The zero-order chi connectivity index (χ0) is 18.8. The van der Waals surface area contributed by atoms with Gasteiger partial charge in [-0.3, -0.25) is 4.79 Å². The molecule has 0 spiro atoms. The first-order chi connectivity index (χ1) is 11.6. The van der Waals surface area contributed by atoms with E-state index >= 15 is 0 Å². The maximum Gasteiger partial charge on any atom is 0.408 e. The molecule has 1 aliphatic rings. The molecule has 1 aromatic carbocycles. The predicted molar refractivity (Wildman–Crippen MR) is 85.1 cm³/mol. The SMILES string of the molecule is CN1C(=O)C(NC(=O)OC(C)(C)C)COc2cc(OC(F)F)ccc21. The highest BCUT2D eigenvalue weighted by Crippen LogP contribution is 2.34. The summed E-state index contributed by atoms with van der Waals surface area (Å²) >= 11 is 0. The molecule has 0 saturated heterocycles. The van der Waals surface area contributed by atoms with Crippen LogP contribution >= 0.6 is 0 Å². The number of alkyl halides is 2. The summed E-state index contributed by atoms with van der Waals surface area (Å²) in [5, 5.41) is 2.45. The molecule has 0 saturated carbocycles. The lowest BCUT2D eigenvalue weighted by atomic mass is 10.2. The third-order valence-electron chi connectivity index (χ3n) is 3.24. The van der Waals surface area contributed by atoms with Crippen molar-refractivity contribution in [3.8, 4) is 11.5 Å². The second kappa shape index (κ2) is 7.12. The van der Waals surface area contributed by atoms with Crippen molar-refractivity contribution in [3.05, 3.63) is 18.2 Å². The minimum atomic E-state index is -2.97. The molecule has 0 radical (unpaired) electrons. The van der Waals surface area contributed by atoms with Crippen LogP contribution in [0.1, 0.15) is 20.8 Å². The topological polar surface area (TPSA) is 77.1 Å². The Morgan fingerprint density at radius 3 is 2.68 bits per heavy atom. The Bertz CT molecular complexity index is 660. The summed E-state index contributed by atoms with van der Waals surface area (Å²) in [7, 11) is 1.49. The number of carbonyl (C=O) groups is 2. The first kappa shape index (κ1) is 18.8. The van der Waals surface area contributed by atoms with E-state index in [1.54, 1.807) is 20.8 Å². The number of rotatable bonds is 3. The quantitative estimate of drug-likeness (QED) is 0.899. The van der Waals surface area contributed by atoms with Gasteiger partial charge in [0.25, 0.3) is 5.91 Å². The zero-order valence-electron chi connectivity index (χ0n) is 14.3. The number of hydrogen-bond donors (Lipinski definition) is 1. The fourth-order valence-electron chi connectivity index (χ4n) is 2.21. The molecule has 0 aromatic heterocycles. The van der Waals surface area contributed by atoms with Gasteiger partial charge in [-0.15, -0.1) is 0 Å². The third kappa shape index (κ3) is 4.94. The number of amides is 2. The molecule has 1 unspecified atom stereocenters. The summed E-state index contributed by atoms with van der Waals surface area (Å²) < 4.78 is 39.6. The maximum absolute atomic E-state index is 12.5. The van der Waals surface area contributed by atoms with Crippen LogP contribution in [0.2, 0.25) is 0 Å². The van der Waals surface area contributed by atoms with E-state index in [4.69, 9.17) is 9.47 Å². The average Bonchev–Trinajstić information content (AvgIpc) is 2.57. The predicted octanol–water partition coefficient (Wildman–Crippen LogP) is 2.54. The van der Waals surface area contributed by atoms with E-state index in [0.717, 1.165) is 0 Å². The Morgan fingerprint density at radius 2 is 2.08 bits per heavy atom. The number of nitrogens with one attached hydrogen (secondary N) is 1. The highest BCUT2D eigenvalue weighted by Gasteiger charge is 2.32. The minimum absolute atomic E-state index is 0.0897. The highest BCUT2D eigenvalue weighted by molar-refractivity contribution is 6.00. The number of halogens is 2. The largest absolute Gasteiger partial charge is 0.489 e. The number of hydrogen-bond acceptors (Lipinski definition) is 5. The molecule has 0 fully saturated rings. The smallest absolute Gasteiger partial charge is 0.408 e. The zero-order valence-corrected chi connectivity index (χ0v) is 14.3. The fourth-order valence-corrected chi connectivity index (χ4v) is 2.21. The molecule has 1 atom stereocenters. The first-order valence-electron chi connectivity index (χ1n) is 7.55. The number of ether oxygens (including phenoxy) is 3. The van der Waals surface area contributed by atoms with Gasteiger partial charge in [-0.1, -0.05) is 0 Å². The van der Waals surface area contributed by atoms with E-state index in [1.165, 1.54) is 30.1 Å². The minimum Gasteiger partial charge on any atom is -0.489 e. The van der Waals surface area contributed by atoms with Crippen molar-refractivity contribution in [2.24, 2.45) is 0 Å². The van der Waals surface area contributed by atoms with Crippen LogP contribution in [0.3, 0.4) is 0 Å². The summed E-state index contributed by atoms with van der Waals surface area (Å²) in [6.45, 7) is 1.96. The van der Waals surface area contributed by atoms with E-state index in [9.17, 15) is 18.4 Å². The highest BCUT2D eigenvalue weighted by atomic mass is 19.3. The van der Waals surface area contributed by atoms with Gasteiger partial charge in [0.15, 0.2) is 0 Å². The number of likely N-dealkylation sites (N-methyl/N-ethyl adjacent to an activating group) is 1. The summed E-state index contributed by atoms with van der Waals surface area (Å²) in [6, 6.07) is 3.02. The van der Waals surface area contributed by atoms with E-state index < -0.39 is 30.3 Å². The number of fused-ring (bicyclic) bond motifs is 1. The summed E-state index contributed by atoms with van der Waals surface area (Å²) in [5.41, 5.74) is -0.338. The molecule has 1 N–H and O–H groups in total. The Morgan fingerprint density at radius 1 is 1.40 bits per heavy atom. The molecule has 7 nitrogen and oxygen atoms in total. The average molecular weight is 358 g/mol.